The molecule has 0 radical (unpaired) electrons. The molecule has 0 unspecified atom stereocenters. The van der Waals surface area contributed by atoms with E-state index in [1.54, 1.807) is 16.9 Å². The topological polar surface area (TPSA) is 99.6 Å². The highest BCUT2D eigenvalue weighted by molar-refractivity contribution is 5.85. The van der Waals surface area contributed by atoms with Crippen molar-refractivity contribution in [3.8, 4) is 5.95 Å². The lowest BCUT2D eigenvalue weighted by atomic mass is 10.2. The minimum Gasteiger partial charge on any atom is -0.389 e. The minimum atomic E-state index is -0.554. The van der Waals surface area contributed by atoms with Crippen LogP contribution >= 0.6 is 12.4 Å². The second-order valence-electron chi connectivity index (χ2n) is 9.14. The van der Waals surface area contributed by atoms with Gasteiger partial charge < -0.3 is 20.6 Å². The third-order valence-corrected chi connectivity index (χ3v) is 6.58. The molecule has 2 aromatic heterocycles. The summed E-state index contributed by atoms with van der Waals surface area (Å²) in [5.41, 5.74) is 8.57. The zero-order valence-corrected chi connectivity index (χ0v) is 21.4. The van der Waals surface area contributed by atoms with Crippen molar-refractivity contribution in [2.24, 2.45) is 0 Å². The molecular weight excluding hydrogens is 502 g/mol. The Morgan fingerprint density at radius 1 is 1.03 bits per heavy atom. The van der Waals surface area contributed by atoms with E-state index in [0.717, 1.165) is 43.4 Å². The second-order valence-corrected chi connectivity index (χ2v) is 9.14. The number of β-amino-alcohol motifs (C(OH)–C–C–N with tert-alkyl or cyclic N) is 1. The fourth-order valence-corrected chi connectivity index (χ4v) is 4.63. The van der Waals surface area contributed by atoms with E-state index in [0.29, 0.717) is 49.5 Å². The molecule has 5 rings (SSSR count). The summed E-state index contributed by atoms with van der Waals surface area (Å²) in [6.45, 7) is 6.87. The quantitative estimate of drug-likeness (QED) is 0.479. The number of aromatic nitrogens is 4. The first-order chi connectivity index (χ1) is 17.4. The Labute approximate surface area is 220 Å². The first kappa shape index (κ1) is 26.8. The van der Waals surface area contributed by atoms with Crippen LogP contribution in [0.15, 0.2) is 36.5 Å². The van der Waals surface area contributed by atoms with Gasteiger partial charge in [-0.2, -0.15) is 15.1 Å². The van der Waals surface area contributed by atoms with Crippen LogP contribution in [0, 0.1) is 11.6 Å². The number of benzene rings is 1. The van der Waals surface area contributed by atoms with E-state index in [1.807, 2.05) is 9.80 Å². The summed E-state index contributed by atoms with van der Waals surface area (Å²) in [6.07, 6.45) is 6.34. The molecule has 0 aliphatic carbocycles. The molecular formula is C25H31ClF2N8O. The number of aliphatic hydroxyl groups excluding tert-OH is 1. The smallest absolute Gasteiger partial charge is 0.254 e. The fraction of sp³-hybridized carbons (Fsp3) is 0.400. The second kappa shape index (κ2) is 11.4. The summed E-state index contributed by atoms with van der Waals surface area (Å²) < 4.78 is 28.8. The third kappa shape index (κ3) is 6.00. The fourth-order valence-electron chi connectivity index (χ4n) is 4.63. The Balaban J connectivity index is 0.00000320. The summed E-state index contributed by atoms with van der Waals surface area (Å²) >= 11 is 0. The maximum atomic E-state index is 13.5. The number of nitrogens with two attached hydrogens (primary N) is 1. The summed E-state index contributed by atoms with van der Waals surface area (Å²) in [7, 11) is 0. The van der Waals surface area contributed by atoms with E-state index in [1.165, 1.54) is 12.1 Å². The number of anilines is 3. The highest BCUT2D eigenvalue weighted by atomic mass is 35.5. The lowest BCUT2D eigenvalue weighted by Gasteiger charge is -2.36. The van der Waals surface area contributed by atoms with Crippen molar-refractivity contribution in [3.63, 3.8) is 0 Å². The Morgan fingerprint density at radius 3 is 2.38 bits per heavy atom. The monoisotopic (exact) mass is 532 g/mol. The van der Waals surface area contributed by atoms with Gasteiger partial charge in [0.25, 0.3) is 5.95 Å². The number of nitrogen functional groups attached to an aromatic ring is 1. The van der Waals surface area contributed by atoms with Crippen LogP contribution in [0.5, 0.6) is 0 Å². The Kier molecular flexibility index (Phi) is 8.25. The van der Waals surface area contributed by atoms with Gasteiger partial charge in [0, 0.05) is 69.2 Å². The first-order valence-electron chi connectivity index (χ1n) is 12.1. The Hall–Kier alpha value is -3.28. The number of rotatable bonds is 7. The zero-order valence-electron chi connectivity index (χ0n) is 20.6. The van der Waals surface area contributed by atoms with Gasteiger partial charge in [-0.15, -0.1) is 12.4 Å². The van der Waals surface area contributed by atoms with Crippen molar-refractivity contribution < 1.29 is 13.9 Å². The van der Waals surface area contributed by atoms with Crippen LogP contribution in [-0.4, -0.2) is 81.7 Å². The van der Waals surface area contributed by atoms with Gasteiger partial charge >= 0.3 is 0 Å². The first-order valence-corrected chi connectivity index (χ1v) is 12.1. The SMILES string of the molecule is CCc1c(C=CCN2CCN(c3cc(F)cc(F)c3)CC2)cnn1-c1nc(N)cc(N2CC(O)C2)n1.Cl. The van der Waals surface area contributed by atoms with Crippen LogP contribution in [0.2, 0.25) is 0 Å². The van der Waals surface area contributed by atoms with Crippen molar-refractivity contribution in [1.82, 2.24) is 24.6 Å². The molecule has 0 spiro atoms. The molecule has 0 amide bonds. The molecule has 1 aromatic carbocycles. The molecule has 0 atom stereocenters. The normalized spacial score (nSPS) is 16.8. The molecule has 12 heteroatoms. The van der Waals surface area contributed by atoms with E-state index < -0.39 is 11.6 Å². The predicted molar refractivity (Wildman–Crippen MR) is 142 cm³/mol. The lowest BCUT2D eigenvalue weighted by Crippen LogP contribution is -2.51. The largest absolute Gasteiger partial charge is 0.389 e. The zero-order chi connectivity index (χ0) is 25.2. The number of hydrogen-bond donors (Lipinski definition) is 2. The van der Waals surface area contributed by atoms with Crippen molar-refractivity contribution >= 4 is 35.8 Å². The van der Waals surface area contributed by atoms with E-state index in [4.69, 9.17) is 5.73 Å². The van der Waals surface area contributed by atoms with E-state index in [-0.39, 0.29) is 18.5 Å². The van der Waals surface area contributed by atoms with Crippen LogP contribution in [0.4, 0.5) is 26.1 Å². The van der Waals surface area contributed by atoms with Crippen molar-refractivity contribution in [2.75, 3.05) is 61.3 Å². The van der Waals surface area contributed by atoms with Crippen LogP contribution in [-0.2, 0) is 6.42 Å². The lowest BCUT2D eigenvalue weighted by molar-refractivity contribution is 0.141. The molecule has 2 fully saturated rings. The van der Waals surface area contributed by atoms with Gasteiger partial charge in [0.2, 0.25) is 0 Å². The molecule has 4 heterocycles. The molecule has 0 bridgehead atoms. The van der Waals surface area contributed by atoms with E-state index in [9.17, 15) is 13.9 Å². The average Bonchev–Trinajstić information content (AvgIpc) is 3.24. The number of nitrogens with zero attached hydrogens (tertiary/aromatic N) is 7. The molecule has 2 aliphatic heterocycles. The summed E-state index contributed by atoms with van der Waals surface area (Å²) in [5.74, 6) is 0.333. The maximum absolute atomic E-state index is 13.5. The third-order valence-electron chi connectivity index (χ3n) is 6.58. The Morgan fingerprint density at radius 2 is 1.73 bits per heavy atom. The molecule has 2 saturated heterocycles. The van der Waals surface area contributed by atoms with Gasteiger partial charge in [-0.05, 0) is 18.6 Å². The minimum absolute atomic E-state index is 0. The van der Waals surface area contributed by atoms with Gasteiger partial charge in [-0.1, -0.05) is 19.1 Å². The number of halogens is 3. The number of aliphatic hydroxyl groups is 1. The molecule has 198 valence electrons. The molecule has 3 N–H and O–H groups in total. The molecule has 3 aromatic rings. The van der Waals surface area contributed by atoms with Crippen LogP contribution in [0.3, 0.4) is 0 Å². The van der Waals surface area contributed by atoms with E-state index >= 15 is 0 Å². The molecule has 2 aliphatic rings. The summed E-state index contributed by atoms with van der Waals surface area (Å²) in [6, 6.07) is 5.35. The van der Waals surface area contributed by atoms with Gasteiger partial charge in [0.15, 0.2) is 0 Å². The van der Waals surface area contributed by atoms with Crippen LogP contribution in [0.25, 0.3) is 12.0 Å². The number of piperazine rings is 1. The van der Waals surface area contributed by atoms with E-state index in [2.05, 4.69) is 39.0 Å². The Bertz CT molecular complexity index is 1240. The van der Waals surface area contributed by atoms with Gasteiger partial charge in [-0.3, -0.25) is 4.90 Å². The van der Waals surface area contributed by atoms with Gasteiger partial charge in [0.05, 0.1) is 18.0 Å². The molecule has 9 nitrogen and oxygen atoms in total. The van der Waals surface area contributed by atoms with Crippen LogP contribution < -0.4 is 15.5 Å². The van der Waals surface area contributed by atoms with Crippen LogP contribution in [0.1, 0.15) is 18.2 Å². The summed E-state index contributed by atoms with van der Waals surface area (Å²) in [5, 5.41) is 14.1. The number of hydrogen-bond acceptors (Lipinski definition) is 8. The summed E-state index contributed by atoms with van der Waals surface area (Å²) in [4.78, 5) is 15.3. The average molecular weight is 533 g/mol. The highest BCUT2D eigenvalue weighted by Crippen LogP contribution is 2.23. The highest BCUT2D eigenvalue weighted by Gasteiger charge is 2.26. The maximum Gasteiger partial charge on any atom is 0.254 e. The van der Waals surface area contributed by atoms with Gasteiger partial charge in [0.1, 0.15) is 23.3 Å². The van der Waals surface area contributed by atoms with Crippen molar-refractivity contribution in [1.29, 1.82) is 0 Å². The van der Waals surface area contributed by atoms with Crippen molar-refractivity contribution in [2.45, 2.75) is 19.4 Å². The molecule has 0 saturated carbocycles. The van der Waals surface area contributed by atoms with Crippen molar-refractivity contribution in [3.05, 3.63) is 59.4 Å². The predicted octanol–water partition coefficient (Wildman–Crippen LogP) is 2.52. The standard InChI is InChI=1S/C25H30F2N8O.ClH/c1-2-22-17(14-29-35(22)25-30-23(28)13-24(31-25)34-15-21(36)16-34)4-3-5-32-6-8-33(9-7-32)20-11-18(26)10-19(27)12-20;/h3-4,10-14,21,36H,2,5-9,15-16H2,1H3,(H2,28,30,31);1H. The van der Waals surface area contributed by atoms with Gasteiger partial charge in [-0.25, -0.2) is 13.5 Å². The molecule has 37 heavy (non-hydrogen) atoms.